The van der Waals surface area contributed by atoms with E-state index in [1.165, 1.54) is 6.07 Å². The Morgan fingerprint density at radius 2 is 1.76 bits per heavy atom. The minimum atomic E-state index is -2.34. The fourth-order valence-corrected chi connectivity index (χ4v) is 3.90. The van der Waals surface area contributed by atoms with Crippen molar-refractivity contribution in [2.75, 3.05) is 6.61 Å². The zero-order valence-electron chi connectivity index (χ0n) is 17.4. The number of ether oxygens (including phenoxy) is 1. The van der Waals surface area contributed by atoms with Crippen LogP contribution in [0.3, 0.4) is 0 Å². The summed E-state index contributed by atoms with van der Waals surface area (Å²) in [6, 6.07) is 12.2. The lowest BCUT2D eigenvalue weighted by atomic mass is 9.87. The highest BCUT2D eigenvalue weighted by Crippen LogP contribution is 2.37. The molecule has 172 valence electrons. The summed E-state index contributed by atoms with van der Waals surface area (Å²) < 4.78 is 5.40. The van der Waals surface area contributed by atoms with Crippen molar-refractivity contribution < 1.29 is 30.3 Å². The summed E-state index contributed by atoms with van der Waals surface area (Å²) in [5.41, 5.74) is 3.34. The number of nitrogens with zero attached hydrogens (tertiary/aromatic N) is 1. The van der Waals surface area contributed by atoms with Gasteiger partial charge in [-0.3, -0.25) is 5.10 Å². The quantitative estimate of drug-likeness (QED) is 0.308. The van der Waals surface area contributed by atoms with E-state index in [0.717, 1.165) is 16.7 Å². The third-order valence-electron chi connectivity index (χ3n) is 5.62. The first kappa shape index (κ1) is 23.4. The summed E-state index contributed by atoms with van der Waals surface area (Å²) in [4.78, 5) is 0. The molecule has 0 bridgehead atoms. The molecule has 1 fully saturated rings. The zero-order valence-corrected chi connectivity index (χ0v) is 18.1. The van der Waals surface area contributed by atoms with E-state index in [1.54, 1.807) is 24.5 Å². The molecule has 1 aliphatic heterocycles. The Morgan fingerprint density at radius 1 is 1.03 bits per heavy atom. The van der Waals surface area contributed by atoms with Crippen molar-refractivity contribution in [3.8, 4) is 11.8 Å². The molecule has 1 aliphatic rings. The summed E-state index contributed by atoms with van der Waals surface area (Å²) in [6.45, 7) is -0.649. The molecule has 1 aromatic heterocycles. The van der Waals surface area contributed by atoms with Gasteiger partial charge in [0, 0.05) is 22.3 Å². The summed E-state index contributed by atoms with van der Waals surface area (Å²) in [5, 5.41) is 58.0. The van der Waals surface area contributed by atoms with Crippen LogP contribution in [0.15, 0.2) is 54.9 Å². The molecule has 2 aromatic carbocycles. The lowest BCUT2D eigenvalue weighted by Crippen LogP contribution is -2.63. The molecule has 0 radical (unpaired) electrons. The van der Waals surface area contributed by atoms with E-state index in [-0.39, 0.29) is 5.56 Å². The van der Waals surface area contributed by atoms with Gasteiger partial charge < -0.3 is 30.3 Å². The van der Waals surface area contributed by atoms with Crippen LogP contribution in [0.5, 0.6) is 0 Å². The second-order valence-corrected chi connectivity index (χ2v) is 8.29. The smallest absolute Gasteiger partial charge is 0.222 e. The van der Waals surface area contributed by atoms with E-state index in [2.05, 4.69) is 22.0 Å². The third kappa shape index (κ3) is 4.81. The number of rotatable bonds is 4. The summed E-state index contributed by atoms with van der Waals surface area (Å²) in [7, 11) is 0. The van der Waals surface area contributed by atoms with E-state index in [0.29, 0.717) is 17.0 Å². The molecule has 9 heteroatoms. The van der Waals surface area contributed by atoms with E-state index < -0.39 is 36.8 Å². The van der Waals surface area contributed by atoms with Crippen molar-refractivity contribution in [3.05, 3.63) is 87.7 Å². The molecule has 0 unspecified atom stereocenters. The molecule has 3 aromatic rings. The third-order valence-corrected chi connectivity index (χ3v) is 5.99. The van der Waals surface area contributed by atoms with Crippen LogP contribution in [0, 0.1) is 11.8 Å². The second kappa shape index (κ2) is 9.63. The van der Waals surface area contributed by atoms with Crippen molar-refractivity contribution in [2.45, 2.75) is 36.6 Å². The summed E-state index contributed by atoms with van der Waals surface area (Å²) >= 11 is 6.37. The van der Waals surface area contributed by atoms with Crippen LogP contribution in [0.4, 0.5) is 0 Å². The molecule has 6 N–H and O–H groups in total. The number of H-pyrrole nitrogens is 1. The van der Waals surface area contributed by atoms with E-state index >= 15 is 0 Å². The lowest BCUT2D eigenvalue weighted by molar-refractivity contribution is -0.357. The number of aliphatic hydroxyl groups is 5. The molecule has 0 amide bonds. The number of halogens is 1. The van der Waals surface area contributed by atoms with Gasteiger partial charge in [0.25, 0.3) is 0 Å². The van der Waals surface area contributed by atoms with Crippen molar-refractivity contribution in [2.24, 2.45) is 0 Å². The van der Waals surface area contributed by atoms with Gasteiger partial charge in [0.05, 0.1) is 18.4 Å². The molecule has 1 saturated heterocycles. The van der Waals surface area contributed by atoms with Crippen molar-refractivity contribution >= 4 is 11.6 Å². The Labute approximate surface area is 195 Å². The summed E-state index contributed by atoms with van der Waals surface area (Å²) in [6.07, 6.45) is -2.61. The molecule has 4 rings (SSSR count). The molecule has 2 heterocycles. The Morgan fingerprint density at radius 3 is 2.42 bits per heavy atom. The number of hydrogen-bond acceptors (Lipinski definition) is 7. The molecule has 8 nitrogen and oxygen atoms in total. The first-order chi connectivity index (χ1) is 15.8. The fourth-order valence-electron chi connectivity index (χ4n) is 3.71. The van der Waals surface area contributed by atoms with E-state index in [9.17, 15) is 25.5 Å². The van der Waals surface area contributed by atoms with Crippen LogP contribution in [-0.2, 0) is 16.9 Å². The lowest BCUT2D eigenvalue weighted by Gasteiger charge is -2.45. The standard InChI is InChI=1S/C24H23ClN2O6/c25-19-8-7-18(24(32)23(31)22(30)21(29)20(13-28)33-24)10-17(19)9-15-4-1-14(2-5-15)3-6-16-11-26-27-12-16/h1-2,4-5,7-8,10-12,20-23,28-32H,9,13H2,(H,26,27)/t20-,21-,22+,23-,24-/m1/s1. The number of benzene rings is 2. The Bertz CT molecular complexity index is 1160. The minimum Gasteiger partial charge on any atom is -0.394 e. The van der Waals surface area contributed by atoms with E-state index in [4.69, 9.17) is 16.3 Å². The number of aromatic nitrogens is 2. The van der Waals surface area contributed by atoms with Crippen molar-refractivity contribution in [1.82, 2.24) is 10.2 Å². The SMILES string of the molecule is OC[C@H]1O[C@](O)(c2ccc(Cl)c(Cc3ccc(C#Cc4cn[nH]c4)cc3)c2)[C@H](O)[C@@H](O)[C@@H]1O. The van der Waals surface area contributed by atoms with Gasteiger partial charge in [0.15, 0.2) is 0 Å². The largest absolute Gasteiger partial charge is 0.394 e. The average molecular weight is 471 g/mol. The van der Waals surface area contributed by atoms with Crippen LogP contribution in [0.25, 0.3) is 0 Å². The van der Waals surface area contributed by atoms with Crippen LogP contribution >= 0.6 is 11.6 Å². The molecule has 33 heavy (non-hydrogen) atoms. The molecular formula is C24H23ClN2O6. The van der Waals surface area contributed by atoms with Crippen molar-refractivity contribution in [3.63, 3.8) is 0 Å². The number of aromatic amines is 1. The summed E-state index contributed by atoms with van der Waals surface area (Å²) in [5.74, 6) is 3.72. The van der Waals surface area contributed by atoms with Crippen molar-refractivity contribution in [1.29, 1.82) is 0 Å². The highest BCUT2D eigenvalue weighted by atomic mass is 35.5. The van der Waals surface area contributed by atoms with Gasteiger partial charge in [-0.25, -0.2) is 0 Å². The van der Waals surface area contributed by atoms with Crippen LogP contribution in [0.1, 0.15) is 27.8 Å². The van der Waals surface area contributed by atoms with Gasteiger partial charge in [0.2, 0.25) is 5.79 Å². The van der Waals surface area contributed by atoms with E-state index in [1.807, 2.05) is 24.3 Å². The van der Waals surface area contributed by atoms with Crippen LogP contribution < -0.4 is 0 Å². The normalized spacial score (nSPS) is 27.1. The highest BCUT2D eigenvalue weighted by Gasteiger charge is 2.53. The molecular weight excluding hydrogens is 448 g/mol. The van der Waals surface area contributed by atoms with Gasteiger partial charge in [0.1, 0.15) is 24.4 Å². The Kier molecular flexibility index (Phi) is 6.83. The second-order valence-electron chi connectivity index (χ2n) is 7.88. The zero-order chi connectivity index (χ0) is 23.6. The Hall–Kier alpha value is -2.74. The van der Waals surface area contributed by atoms with Crippen LogP contribution in [0.2, 0.25) is 5.02 Å². The number of aliphatic hydroxyl groups excluding tert-OH is 4. The Balaban J connectivity index is 1.56. The maximum atomic E-state index is 11.0. The minimum absolute atomic E-state index is 0.140. The van der Waals surface area contributed by atoms with Crippen LogP contribution in [-0.4, -0.2) is 66.8 Å². The van der Waals surface area contributed by atoms with Gasteiger partial charge in [-0.05, 0) is 41.8 Å². The van der Waals surface area contributed by atoms with Gasteiger partial charge >= 0.3 is 0 Å². The average Bonchev–Trinajstić information content (AvgIpc) is 3.35. The fraction of sp³-hybridized carbons (Fsp3) is 0.292. The number of hydrogen-bond donors (Lipinski definition) is 6. The molecule has 0 spiro atoms. The van der Waals surface area contributed by atoms with Gasteiger partial charge in [-0.15, -0.1) is 0 Å². The first-order valence-electron chi connectivity index (χ1n) is 10.3. The highest BCUT2D eigenvalue weighted by molar-refractivity contribution is 6.31. The molecule has 0 aliphatic carbocycles. The molecule has 5 atom stereocenters. The monoisotopic (exact) mass is 470 g/mol. The van der Waals surface area contributed by atoms with Gasteiger partial charge in [-0.2, -0.15) is 5.10 Å². The van der Waals surface area contributed by atoms with Gasteiger partial charge in [-0.1, -0.05) is 41.6 Å². The maximum Gasteiger partial charge on any atom is 0.222 e. The maximum absolute atomic E-state index is 11.0. The topological polar surface area (TPSA) is 139 Å². The predicted octanol–water partition coefficient (Wildman–Crippen LogP) is 0.673. The first-order valence-corrected chi connectivity index (χ1v) is 10.6. The predicted molar refractivity (Wildman–Crippen MR) is 119 cm³/mol. The molecule has 0 saturated carbocycles. The number of nitrogens with one attached hydrogen (secondary N) is 1.